The van der Waals surface area contributed by atoms with Crippen molar-refractivity contribution in [2.45, 2.75) is 26.3 Å². The molecule has 0 amide bonds. The van der Waals surface area contributed by atoms with Gasteiger partial charge in [-0.1, -0.05) is 20.3 Å². The first-order valence-electron chi connectivity index (χ1n) is 4.28. The average molecular weight is 183 g/mol. The molecule has 0 aromatic heterocycles. The molecule has 0 saturated carbocycles. The summed E-state index contributed by atoms with van der Waals surface area (Å²) in [6.07, 6.45) is 0.805. The predicted molar refractivity (Wildman–Crippen MR) is 49.4 cm³/mol. The lowest BCUT2D eigenvalue weighted by molar-refractivity contribution is 0.405. The Balaban J connectivity index is 2.98. The summed E-state index contributed by atoms with van der Waals surface area (Å²) < 4.78 is 0. The van der Waals surface area contributed by atoms with Crippen LogP contribution in [0.4, 0.5) is 0 Å². The molecule has 2 atom stereocenters. The van der Waals surface area contributed by atoms with Crippen molar-refractivity contribution in [3.05, 3.63) is 26.0 Å². The van der Waals surface area contributed by atoms with Crippen molar-refractivity contribution < 1.29 is 5.11 Å². The summed E-state index contributed by atoms with van der Waals surface area (Å²) in [6, 6.07) is -0.518. The second-order valence-corrected chi connectivity index (χ2v) is 3.33. The maximum Gasteiger partial charge on any atom is 0.268 e. The largest absolute Gasteiger partial charge is 0.504 e. The predicted octanol–water partition coefficient (Wildman–Crippen LogP) is 0.0341. The fraction of sp³-hybridized carbons (Fsp3) is 0.556. The molecule has 72 valence electrons. The maximum absolute atomic E-state index is 11.0. The highest BCUT2D eigenvalue weighted by atomic mass is 16.3. The van der Waals surface area contributed by atoms with Gasteiger partial charge in [-0.25, -0.2) is 0 Å². The average Bonchev–Trinajstić information content (AvgIpc) is 2.16. The lowest BCUT2D eigenvalue weighted by Gasteiger charge is -2.19. The molecule has 1 unspecified atom stereocenters. The third-order valence-corrected chi connectivity index (χ3v) is 2.51. The van der Waals surface area contributed by atoms with E-state index in [1.54, 1.807) is 0 Å². The fourth-order valence-corrected chi connectivity index (χ4v) is 1.24. The molecular weight excluding hydrogens is 170 g/mol. The zero-order chi connectivity index (χ0) is 10.2. The molecule has 0 bridgehead atoms. The Bertz CT molecular complexity index is 376. The quantitative estimate of drug-likeness (QED) is 0.648. The summed E-state index contributed by atoms with van der Waals surface area (Å²) in [5.74, 6) is -0.355. The van der Waals surface area contributed by atoms with Crippen LogP contribution in [0.25, 0.3) is 0 Å². The second-order valence-electron chi connectivity index (χ2n) is 3.33. The monoisotopic (exact) mass is 183 g/mol. The first kappa shape index (κ1) is 9.92. The van der Waals surface area contributed by atoms with Crippen LogP contribution in [0.2, 0.25) is 0 Å². The van der Waals surface area contributed by atoms with E-state index in [0.717, 1.165) is 6.42 Å². The molecular formula is C9H13NO3. The first-order chi connectivity index (χ1) is 6.00. The highest BCUT2D eigenvalue weighted by Gasteiger charge is 2.27. The molecule has 0 radical (unpaired) electrons. The van der Waals surface area contributed by atoms with Gasteiger partial charge in [0.05, 0.1) is 5.56 Å². The highest BCUT2D eigenvalue weighted by Crippen LogP contribution is 2.24. The van der Waals surface area contributed by atoms with Crippen LogP contribution in [-0.4, -0.2) is 5.11 Å². The van der Waals surface area contributed by atoms with Crippen molar-refractivity contribution >= 4 is 0 Å². The molecule has 0 saturated heterocycles. The molecule has 3 N–H and O–H groups in total. The summed E-state index contributed by atoms with van der Waals surface area (Å²) in [4.78, 5) is 21.7. The minimum absolute atomic E-state index is 0.0919. The van der Waals surface area contributed by atoms with E-state index in [0.29, 0.717) is 0 Å². The molecule has 0 heterocycles. The van der Waals surface area contributed by atoms with Crippen molar-refractivity contribution in [2.24, 2.45) is 11.7 Å². The third kappa shape index (κ3) is 1.37. The van der Waals surface area contributed by atoms with Crippen LogP contribution < -0.4 is 16.6 Å². The Labute approximate surface area is 75.7 Å². The lowest BCUT2D eigenvalue weighted by atomic mass is 9.90. The van der Waals surface area contributed by atoms with Crippen LogP contribution in [0.15, 0.2) is 9.59 Å². The number of aromatic hydroxyl groups is 1. The Morgan fingerprint density at radius 3 is 2.31 bits per heavy atom. The molecule has 0 fully saturated rings. The van der Waals surface area contributed by atoms with Gasteiger partial charge in [-0.2, -0.15) is 0 Å². The van der Waals surface area contributed by atoms with E-state index in [-0.39, 0.29) is 11.5 Å². The third-order valence-electron chi connectivity index (χ3n) is 2.51. The van der Waals surface area contributed by atoms with Crippen molar-refractivity contribution in [2.75, 3.05) is 0 Å². The van der Waals surface area contributed by atoms with Crippen molar-refractivity contribution in [3.63, 3.8) is 0 Å². The van der Waals surface area contributed by atoms with Crippen LogP contribution in [0.5, 0.6) is 5.75 Å². The Kier molecular flexibility index (Phi) is 2.52. The van der Waals surface area contributed by atoms with Crippen molar-refractivity contribution in [1.29, 1.82) is 0 Å². The standard InChI is InChI=1S/C9H13NO3/c1-3-4(2)6(10)5-7(11)9(13)8(5)12/h4,6,11H,3,10H2,1-2H3/t4-,6?/m0/s1. The van der Waals surface area contributed by atoms with Crippen LogP contribution in [0, 0.1) is 5.92 Å². The summed E-state index contributed by atoms with van der Waals surface area (Å²) in [5.41, 5.74) is 4.34. The summed E-state index contributed by atoms with van der Waals surface area (Å²) >= 11 is 0. The number of nitrogens with two attached hydrogens (primary N) is 1. The van der Waals surface area contributed by atoms with E-state index >= 15 is 0 Å². The van der Waals surface area contributed by atoms with E-state index in [1.807, 2.05) is 13.8 Å². The van der Waals surface area contributed by atoms with Gasteiger partial charge in [0.15, 0.2) is 5.75 Å². The van der Waals surface area contributed by atoms with Gasteiger partial charge < -0.3 is 10.8 Å². The van der Waals surface area contributed by atoms with Gasteiger partial charge in [-0.05, 0) is 5.92 Å². The Morgan fingerprint density at radius 1 is 1.38 bits per heavy atom. The van der Waals surface area contributed by atoms with Gasteiger partial charge in [-0.15, -0.1) is 0 Å². The molecule has 1 aromatic rings. The molecule has 1 rings (SSSR count). The normalized spacial score (nSPS) is 15.9. The summed E-state index contributed by atoms with van der Waals surface area (Å²) in [6.45, 7) is 3.81. The molecule has 1 aromatic carbocycles. The minimum atomic E-state index is -0.811. The number of hydrogen-bond acceptors (Lipinski definition) is 4. The van der Waals surface area contributed by atoms with Crippen LogP contribution >= 0.6 is 0 Å². The van der Waals surface area contributed by atoms with E-state index in [2.05, 4.69) is 0 Å². The summed E-state index contributed by atoms with van der Waals surface area (Å²) in [5, 5.41) is 9.09. The fourth-order valence-electron chi connectivity index (χ4n) is 1.24. The molecule has 0 aliphatic carbocycles. The molecule has 13 heavy (non-hydrogen) atoms. The maximum atomic E-state index is 11.0. The SMILES string of the molecule is CC[C@H](C)C(N)c1c(O)c(=O)c1=O. The van der Waals surface area contributed by atoms with E-state index in [9.17, 15) is 9.59 Å². The first-order valence-corrected chi connectivity index (χ1v) is 4.28. The van der Waals surface area contributed by atoms with Gasteiger partial charge in [-0.3, -0.25) is 9.59 Å². The number of hydrogen-bond donors (Lipinski definition) is 2. The molecule has 4 nitrogen and oxygen atoms in total. The lowest BCUT2D eigenvalue weighted by Crippen LogP contribution is -2.39. The Hall–Kier alpha value is -1.16. The summed E-state index contributed by atoms with van der Waals surface area (Å²) in [7, 11) is 0. The van der Waals surface area contributed by atoms with Gasteiger partial charge >= 0.3 is 0 Å². The topological polar surface area (TPSA) is 80.4 Å². The van der Waals surface area contributed by atoms with Gasteiger partial charge in [0, 0.05) is 6.04 Å². The molecule has 0 spiro atoms. The van der Waals surface area contributed by atoms with E-state index in [1.165, 1.54) is 0 Å². The molecule has 0 aliphatic heterocycles. The van der Waals surface area contributed by atoms with Crippen LogP contribution in [0.3, 0.4) is 0 Å². The van der Waals surface area contributed by atoms with Crippen LogP contribution in [0.1, 0.15) is 31.9 Å². The minimum Gasteiger partial charge on any atom is -0.504 e. The molecule has 0 aliphatic rings. The van der Waals surface area contributed by atoms with E-state index in [4.69, 9.17) is 10.8 Å². The van der Waals surface area contributed by atoms with Gasteiger partial charge in [0.2, 0.25) is 5.43 Å². The second kappa shape index (κ2) is 3.30. The van der Waals surface area contributed by atoms with Gasteiger partial charge in [0.1, 0.15) is 0 Å². The van der Waals surface area contributed by atoms with Gasteiger partial charge in [0.25, 0.3) is 5.43 Å². The highest BCUT2D eigenvalue weighted by molar-refractivity contribution is 5.40. The smallest absolute Gasteiger partial charge is 0.268 e. The van der Waals surface area contributed by atoms with Crippen molar-refractivity contribution in [3.8, 4) is 5.75 Å². The van der Waals surface area contributed by atoms with Crippen molar-refractivity contribution in [1.82, 2.24) is 0 Å². The number of rotatable bonds is 3. The molecule has 4 heteroatoms. The zero-order valence-electron chi connectivity index (χ0n) is 7.70. The van der Waals surface area contributed by atoms with E-state index < -0.39 is 22.6 Å². The Morgan fingerprint density at radius 2 is 1.92 bits per heavy atom. The zero-order valence-corrected chi connectivity index (χ0v) is 7.70. The van der Waals surface area contributed by atoms with Crippen LogP contribution in [-0.2, 0) is 0 Å².